The number of nitrogens with zero attached hydrogens (tertiary/aromatic N) is 1. The summed E-state index contributed by atoms with van der Waals surface area (Å²) in [7, 11) is 0. The molecular weight excluding hydrogens is 330 g/mol. The molecule has 2 amide bonds. The number of amides is 2. The largest absolute Gasteiger partial charge is 0.492 e. The van der Waals surface area contributed by atoms with E-state index in [-0.39, 0.29) is 18.2 Å². The highest BCUT2D eigenvalue weighted by atomic mass is 16.5. The Balaban J connectivity index is 2.17. The van der Waals surface area contributed by atoms with Crippen molar-refractivity contribution in [3.05, 3.63) is 59.7 Å². The fourth-order valence-electron chi connectivity index (χ4n) is 2.55. The van der Waals surface area contributed by atoms with E-state index < -0.39 is 6.04 Å². The Morgan fingerprint density at radius 3 is 2.54 bits per heavy atom. The molecule has 0 aliphatic rings. The van der Waals surface area contributed by atoms with Gasteiger partial charge in [0.2, 0.25) is 11.8 Å². The van der Waals surface area contributed by atoms with Crippen molar-refractivity contribution in [2.24, 2.45) is 0 Å². The van der Waals surface area contributed by atoms with Crippen molar-refractivity contribution >= 4 is 17.5 Å². The van der Waals surface area contributed by atoms with Crippen molar-refractivity contribution in [3.63, 3.8) is 0 Å². The Hall–Kier alpha value is -3.33. The standard InChI is InChI=1S/C20H21N3O3/c1-3-26-19-10-9-15(13-21)11-18(19)23-20(25)12-17(22-14(2)24)16-7-5-4-6-8-16/h4-11,17H,3,12H2,1-2H3,(H,22,24)(H,23,25). The number of nitrogens with one attached hydrogen (secondary N) is 2. The van der Waals surface area contributed by atoms with Gasteiger partial charge in [-0.2, -0.15) is 5.26 Å². The number of carbonyl (C=O) groups is 2. The van der Waals surface area contributed by atoms with Gasteiger partial charge in [0.1, 0.15) is 5.75 Å². The SMILES string of the molecule is CCOc1ccc(C#N)cc1NC(=O)CC(NC(C)=O)c1ccccc1. The number of benzene rings is 2. The van der Waals surface area contributed by atoms with Gasteiger partial charge < -0.3 is 15.4 Å². The van der Waals surface area contributed by atoms with Crippen molar-refractivity contribution in [3.8, 4) is 11.8 Å². The van der Waals surface area contributed by atoms with Crippen LogP contribution >= 0.6 is 0 Å². The zero-order valence-corrected chi connectivity index (χ0v) is 14.8. The van der Waals surface area contributed by atoms with Gasteiger partial charge >= 0.3 is 0 Å². The van der Waals surface area contributed by atoms with E-state index >= 15 is 0 Å². The van der Waals surface area contributed by atoms with E-state index in [1.165, 1.54) is 6.92 Å². The Labute approximate surface area is 152 Å². The summed E-state index contributed by atoms with van der Waals surface area (Å²) in [6.45, 7) is 3.69. The Kier molecular flexibility index (Phi) is 6.75. The average molecular weight is 351 g/mol. The molecule has 26 heavy (non-hydrogen) atoms. The molecule has 0 aliphatic heterocycles. The molecule has 1 unspecified atom stereocenters. The molecule has 1 atom stereocenters. The van der Waals surface area contributed by atoms with Gasteiger partial charge in [0, 0.05) is 6.92 Å². The summed E-state index contributed by atoms with van der Waals surface area (Å²) in [6, 6.07) is 15.7. The third kappa shape index (κ3) is 5.35. The van der Waals surface area contributed by atoms with Crippen LogP contribution in [0.25, 0.3) is 0 Å². The lowest BCUT2D eigenvalue weighted by molar-refractivity contribution is -0.120. The minimum Gasteiger partial charge on any atom is -0.492 e. The smallest absolute Gasteiger partial charge is 0.226 e. The van der Waals surface area contributed by atoms with Gasteiger partial charge in [-0.05, 0) is 30.7 Å². The van der Waals surface area contributed by atoms with E-state index in [9.17, 15) is 9.59 Å². The number of hydrogen-bond acceptors (Lipinski definition) is 4. The number of anilines is 1. The van der Waals surface area contributed by atoms with Gasteiger partial charge in [-0.15, -0.1) is 0 Å². The van der Waals surface area contributed by atoms with Gasteiger partial charge in [0.15, 0.2) is 0 Å². The fraction of sp³-hybridized carbons (Fsp3) is 0.250. The molecule has 2 aromatic carbocycles. The van der Waals surface area contributed by atoms with Crippen LogP contribution in [0, 0.1) is 11.3 Å². The molecule has 2 N–H and O–H groups in total. The molecule has 0 saturated heterocycles. The first kappa shape index (κ1) is 19.0. The van der Waals surface area contributed by atoms with Crippen LogP contribution < -0.4 is 15.4 Å². The second-order valence-corrected chi connectivity index (χ2v) is 5.67. The van der Waals surface area contributed by atoms with Gasteiger partial charge in [-0.25, -0.2) is 0 Å². The van der Waals surface area contributed by atoms with E-state index in [1.54, 1.807) is 18.2 Å². The molecule has 0 bridgehead atoms. The Morgan fingerprint density at radius 1 is 1.19 bits per heavy atom. The predicted molar refractivity (Wildman–Crippen MR) is 98.6 cm³/mol. The maximum Gasteiger partial charge on any atom is 0.226 e. The van der Waals surface area contributed by atoms with Gasteiger partial charge in [-0.1, -0.05) is 30.3 Å². The average Bonchev–Trinajstić information content (AvgIpc) is 2.63. The quantitative estimate of drug-likeness (QED) is 0.801. The molecule has 2 aromatic rings. The first-order chi connectivity index (χ1) is 12.5. The third-order valence-electron chi connectivity index (χ3n) is 3.65. The monoisotopic (exact) mass is 351 g/mol. The molecule has 0 fully saturated rings. The maximum atomic E-state index is 12.5. The van der Waals surface area contributed by atoms with Crippen LogP contribution in [0.2, 0.25) is 0 Å². The summed E-state index contributed by atoms with van der Waals surface area (Å²) in [5.41, 5.74) is 1.70. The minimum atomic E-state index is -0.441. The second kappa shape index (κ2) is 9.23. The maximum absolute atomic E-state index is 12.5. The molecule has 0 aliphatic carbocycles. The Morgan fingerprint density at radius 2 is 1.92 bits per heavy atom. The van der Waals surface area contributed by atoms with Crippen LogP contribution in [0.3, 0.4) is 0 Å². The summed E-state index contributed by atoms with van der Waals surface area (Å²) in [5.74, 6) is -0.00702. The predicted octanol–water partition coefficient (Wildman–Crippen LogP) is 3.16. The molecule has 0 saturated carbocycles. The third-order valence-corrected chi connectivity index (χ3v) is 3.65. The highest BCUT2D eigenvalue weighted by molar-refractivity contribution is 5.93. The molecule has 0 radical (unpaired) electrons. The first-order valence-corrected chi connectivity index (χ1v) is 8.32. The van der Waals surface area contributed by atoms with Crippen molar-refractivity contribution in [1.29, 1.82) is 5.26 Å². The van der Waals surface area contributed by atoms with Crippen molar-refractivity contribution < 1.29 is 14.3 Å². The zero-order valence-electron chi connectivity index (χ0n) is 14.8. The van der Waals surface area contributed by atoms with Crippen LogP contribution in [0.4, 0.5) is 5.69 Å². The molecule has 0 aromatic heterocycles. The van der Waals surface area contributed by atoms with Gasteiger partial charge in [0.05, 0.1) is 36.4 Å². The summed E-state index contributed by atoms with van der Waals surface area (Å²) >= 11 is 0. The van der Waals surface area contributed by atoms with Crippen LogP contribution in [0.1, 0.15) is 37.4 Å². The van der Waals surface area contributed by atoms with Gasteiger partial charge in [-0.3, -0.25) is 9.59 Å². The summed E-state index contributed by atoms with van der Waals surface area (Å²) in [5, 5.41) is 14.6. The van der Waals surface area contributed by atoms with Crippen LogP contribution in [0.15, 0.2) is 48.5 Å². The highest BCUT2D eigenvalue weighted by Crippen LogP contribution is 2.27. The fourth-order valence-corrected chi connectivity index (χ4v) is 2.55. The van der Waals surface area contributed by atoms with E-state index in [0.717, 1.165) is 5.56 Å². The number of carbonyl (C=O) groups excluding carboxylic acids is 2. The topological polar surface area (TPSA) is 91.2 Å². The van der Waals surface area contributed by atoms with Crippen molar-refractivity contribution in [2.75, 3.05) is 11.9 Å². The summed E-state index contributed by atoms with van der Waals surface area (Å²) < 4.78 is 5.50. The van der Waals surface area contributed by atoms with Crippen LogP contribution in [-0.4, -0.2) is 18.4 Å². The van der Waals surface area contributed by atoms with E-state index in [4.69, 9.17) is 10.00 Å². The number of nitriles is 1. The number of hydrogen-bond donors (Lipinski definition) is 2. The molecular formula is C20H21N3O3. The summed E-state index contributed by atoms with van der Waals surface area (Å²) in [4.78, 5) is 24.0. The Bertz CT molecular complexity index is 813. The highest BCUT2D eigenvalue weighted by Gasteiger charge is 2.18. The van der Waals surface area contributed by atoms with Crippen LogP contribution in [0.5, 0.6) is 5.75 Å². The second-order valence-electron chi connectivity index (χ2n) is 5.67. The van der Waals surface area contributed by atoms with E-state index in [1.807, 2.05) is 43.3 Å². The first-order valence-electron chi connectivity index (χ1n) is 8.32. The lowest BCUT2D eigenvalue weighted by Gasteiger charge is -2.19. The molecule has 6 nitrogen and oxygen atoms in total. The lowest BCUT2D eigenvalue weighted by atomic mass is 10.0. The minimum absolute atomic E-state index is 0.0614. The van der Waals surface area contributed by atoms with Crippen LogP contribution in [-0.2, 0) is 9.59 Å². The molecule has 134 valence electrons. The van der Waals surface area contributed by atoms with Crippen molar-refractivity contribution in [1.82, 2.24) is 5.32 Å². The molecule has 2 rings (SSSR count). The zero-order chi connectivity index (χ0) is 18.9. The van der Waals surface area contributed by atoms with E-state index in [0.29, 0.717) is 23.6 Å². The molecule has 0 spiro atoms. The molecule has 6 heteroatoms. The van der Waals surface area contributed by atoms with Crippen molar-refractivity contribution in [2.45, 2.75) is 26.3 Å². The van der Waals surface area contributed by atoms with Gasteiger partial charge in [0.25, 0.3) is 0 Å². The van der Waals surface area contributed by atoms with E-state index in [2.05, 4.69) is 10.6 Å². The number of rotatable bonds is 7. The normalized spacial score (nSPS) is 11.1. The number of ether oxygens (including phenoxy) is 1. The lowest BCUT2D eigenvalue weighted by Crippen LogP contribution is -2.29. The molecule has 0 heterocycles. The summed E-state index contributed by atoms with van der Waals surface area (Å²) in [6.07, 6.45) is 0.0614.